The van der Waals surface area contributed by atoms with Crippen molar-refractivity contribution in [3.8, 4) is 0 Å². The zero-order valence-corrected chi connectivity index (χ0v) is 12.4. The van der Waals surface area contributed by atoms with Gasteiger partial charge in [0.25, 0.3) is 0 Å². The molecule has 0 aliphatic carbocycles. The molecule has 106 valence electrons. The fourth-order valence-corrected chi connectivity index (χ4v) is 1.42. The first-order valence-electron chi connectivity index (χ1n) is 6.47. The van der Waals surface area contributed by atoms with Gasteiger partial charge in [0.2, 0.25) is 0 Å². The molecule has 0 spiro atoms. The van der Waals surface area contributed by atoms with Gasteiger partial charge in [0.15, 0.2) is 0 Å². The summed E-state index contributed by atoms with van der Waals surface area (Å²) in [5, 5.41) is 7.57. The molecule has 0 aromatic heterocycles. The monoisotopic (exact) mass is 255 g/mol. The highest BCUT2D eigenvalue weighted by Crippen LogP contribution is 2.15. The van der Waals surface area contributed by atoms with Crippen molar-refractivity contribution in [2.75, 3.05) is 20.3 Å². The van der Waals surface area contributed by atoms with Crippen LogP contribution in [0.3, 0.4) is 0 Å². The lowest BCUT2D eigenvalue weighted by Gasteiger charge is -2.12. The van der Waals surface area contributed by atoms with Crippen molar-refractivity contribution in [3.63, 3.8) is 0 Å². The fourth-order valence-electron chi connectivity index (χ4n) is 1.42. The van der Waals surface area contributed by atoms with E-state index >= 15 is 0 Å². The van der Waals surface area contributed by atoms with Crippen molar-refractivity contribution in [1.29, 1.82) is 0 Å². The molecule has 0 aromatic rings. The van der Waals surface area contributed by atoms with E-state index in [1.165, 1.54) is 11.1 Å². The van der Waals surface area contributed by atoms with Gasteiger partial charge in [-0.1, -0.05) is 31.2 Å². The summed E-state index contributed by atoms with van der Waals surface area (Å²) in [6, 6.07) is 0.0725. The van der Waals surface area contributed by atoms with E-state index in [4.69, 9.17) is 15.6 Å². The molecular weight excluding hydrogens is 226 g/mol. The third kappa shape index (κ3) is 10.3. The quantitative estimate of drug-likeness (QED) is 0.718. The van der Waals surface area contributed by atoms with E-state index in [0.717, 1.165) is 6.42 Å². The van der Waals surface area contributed by atoms with E-state index in [0.29, 0.717) is 6.61 Å². The van der Waals surface area contributed by atoms with Crippen molar-refractivity contribution in [2.45, 2.75) is 40.2 Å². The van der Waals surface area contributed by atoms with Crippen LogP contribution < -0.4 is 5.73 Å². The van der Waals surface area contributed by atoms with Gasteiger partial charge in [0, 0.05) is 19.8 Å². The van der Waals surface area contributed by atoms with E-state index < -0.39 is 0 Å². The largest absolute Gasteiger partial charge is 0.397 e. The second-order valence-corrected chi connectivity index (χ2v) is 3.77. The highest BCUT2D eigenvalue weighted by atomic mass is 16.5. The van der Waals surface area contributed by atoms with Gasteiger partial charge in [-0.15, -0.1) is 0 Å². The number of hydrogen-bond acceptors (Lipinski definition) is 3. The minimum Gasteiger partial charge on any atom is -0.397 e. The summed E-state index contributed by atoms with van der Waals surface area (Å²) in [4.78, 5) is 0. The van der Waals surface area contributed by atoms with Crippen molar-refractivity contribution in [1.82, 2.24) is 0 Å². The Morgan fingerprint density at radius 1 is 1.39 bits per heavy atom. The van der Waals surface area contributed by atoms with E-state index in [2.05, 4.69) is 25.2 Å². The lowest BCUT2D eigenvalue weighted by molar-refractivity contribution is 0.234. The lowest BCUT2D eigenvalue weighted by atomic mass is 9.98. The maximum Gasteiger partial charge on any atom is 0.0646 e. The van der Waals surface area contributed by atoms with Crippen LogP contribution in [-0.4, -0.2) is 31.5 Å². The molecule has 3 N–H and O–H groups in total. The van der Waals surface area contributed by atoms with Gasteiger partial charge in [-0.25, -0.2) is 0 Å². The van der Waals surface area contributed by atoms with Gasteiger partial charge >= 0.3 is 0 Å². The summed E-state index contributed by atoms with van der Waals surface area (Å²) in [7, 11) is 1.69. The van der Waals surface area contributed by atoms with Crippen LogP contribution in [0, 0.1) is 0 Å². The highest BCUT2D eigenvalue weighted by molar-refractivity contribution is 5.42. The van der Waals surface area contributed by atoms with Crippen molar-refractivity contribution >= 4 is 0 Å². The SMILES string of the molecule is C/C=C(/C=C/COC)C(=C/CC)\C(C)N.CCO. The number of aliphatic hydroxyl groups is 1. The van der Waals surface area contributed by atoms with Crippen molar-refractivity contribution in [2.24, 2.45) is 5.73 Å². The average Bonchev–Trinajstić information content (AvgIpc) is 2.33. The van der Waals surface area contributed by atoms with Crippen LogP contribution in [0.15, 0.2) is 35.5 Å². The highest BCUT2D eigenvalue weighted by Gasteiger charge is 2.05. The third-order valence-corrected chi connectivity index (χ3v) is 2.12. The molecule has 3 heteroatoms. The maximum atomic E-state index is 7.57. The second-order valence-electron chi connectivity index (χ2n) is 3.77. The van der Waals surface area contributed by atoms with Gasteiger partial charge in [-0.3, -0.25) is 0 Å². The molecular formula is C15H29NO2. The zero-order valence-electron chi connectivity index (χ0n) is 12.4. The van der Waals surface area contributed by atoms with Crippen LogP contribution in [0.5, 0.6) is 0 Å². The molecule has 0 heterocycles. The second kappa shape index (κ2) is 14.2. The van der Waals surface area contributed by atoms with Gasteiger partial charge < -0.3 is 15.6 Å². The summed E-state index contributed by atoms with van der Waals surface area (Å²) in [6.07, 6.45) is 9.33. The van der Waals surface area contributed by atoms with Crippen LogP contribution >= 0.6 is 0 Å². The molecule has 0 aliphatic heterocycles. The van der Waals surface area contributed by atoms with Crippen LogP contribution in [0.2, 0.25) is 0 Å². The van der Waals surface area contributed by atoms with E-state index in [-0.39, 0.29) is 12.6 Å². The number of allylic oxidation sites excluding steroid dienone is 3. The molecule has 0 aromatic carbocycles. The van der Waals surface area contributed by atoms with Crippen LogP contribution in [0.1, 0.15) is 34.1 Å². The number of methoxy groups -OCH3 is 1. The first kappa shape index (κ1) is 19.4. The van der Waals surface area contributed by atoms with Gasteiger partial charge in [0.05, 0.1) is 6.61 Å². The molecule has 0 saturated carbocycles. The molecule has 0 saturated heterocycles. The minimum absolute atomic E-state index is 0.0725. The molecule has 0 rings (SSSR count). The van der Waals surface area contributed by atoms with Crippen LogP contribution in [0.4, 0.5) is 0 Å². The summed E-state index contributed by atoms with van der Waals surface area (Å²) in [5.74, 6) is 0. The summed E-state index contributed by atoms with van der Waals surface area (Å²) >= 11 is 0. The molecule has 0 bridgehead atoms. The van der Waals surface area contributed by atoms with Gasteiger partial charge in [0.1, 0.15) is 0 Å². The summed E-state index contributed by atoms with van der Waals surface area (Å²) in [6.45, 7) is 8.72. The van der Waals surface area contributed by atoms with Crippen LogP contribution in [0.25, 0.3) is 0 Å². The van der Waals surface area contributed by atoms with E-state index in [1.54, 1.807) is 14.0 Å². The molecule has 3 nitrogen and oxygen atoms in total. The standard InChI is InChI=1S/C13H23NO.C2H6O/c1-5-8-13(11(3)14)12(6-2)9-7-10-15-4;1-2-3/h6-9,11H,5,10,14H2,1-4H3;3H,2H2,1H3/b9-7+,12-6-,13-8-;. The number of ether oxygens (including phenoxy) is 1. The Labute approximate surface area is 112 Å². The predicted molar refractivity (Wildman–Crippen MR) is 79.6 cm³/mol. The topological polar surface area (TPSA) is 55.5 Å². The first-order chi connectivity index (χ1) is 8.58. The van der Waals surface area contributed by atoms with E-state index in [9.17, 15) is 0 Å². The molecule has 0 fully saturated rings. The smallest absolute Gasteiger partial charge is 0.0646 e. The average molecular weight is 255 g/mol. The normalized spacial score (nSPS) is 14.4. The molecule has 1 atom stereocenters. The molecule has 0 radical (unpaired) electrons. The lowest BCUT2D eigenvalue weighted by Crippen LogP contribution is -2.19. The van der Waals surface area contributed by atoms with E-state index in [1.807, 2.05) is 19.9 Å². The molecule has 0 amide bonds. The van der Waals surface area contributed by atoms with Gasteiger partial charge in [-0.05, 0) is 38.3 Å². The summed E-state index contributed by atoms with van der Waals surface area (Å²) < 4.78 is 4.97. The minimum atomic E-state index is 0.0725. The van der Waals surface area contributed by atoms with Crippen molar-refractivity contribution < 1.29 is 9.84 Å². The third-order valence-electron chi connectivity index (χ3n) is 2.12. The molecule has 1 unspecified atom stereocenters. The predicted octanol–water partition coefficient (Wildman–Crippen LogP) is 2.82. The first-order valence-corrected chi connectivity index (χ1v) is 6.47. The number of rotatable bonds is 6. The Bertz CT molecular complexity index is 266. The Hall–Kier alpha value is -0.900. The maximum absolute atomic E-state index is 7.57. The number of nitrogens with two attached hydrogens (primary N) is 1. The van der Waals surface area contributed by atoms with Crippen molar-refractivity contribution in [3.05, 3.63) is 35.5 Å². The van der Waals surface area contributed by atoms with Crippen LogP contribution in [-0.2, 0) is 4.74 Å². The Morgan fingerprint density at radius 3 is 2.28 bits per heavy atom. The number of aliphatic hydroxyl groups excluding tert-OH is 1. The van der Waals surface area contributed by atoms with Gasteiger partial charge in [-0.2, -0.15) is 0 Å². The summed E-state index contributed by atoms with van der Waals surface area (Å²) in [5.41, 5.74) is 8.31. The Morgan fingerprint density at radius 2 is 1.94 bits per heavy atom. The number of hydrogen-bond donors (Lipinski definition) is 2. The Balaban J connectivity index is 0. The zero-order chi connectivity index (χ0) is 14.4. The molecule has 0 aliphatic rings. The Kier molecular flexibility index (Phi) is 15.3. The molecule has 18 heavy (non-hydrogen) atoms. The fraction of sp³-hybridized carbons (Fsp3) is 0.600.